The van der Waals surface area contributed by atoms with Gasteiger partial charge in [0.1, 0.15) is 12.3 Å². The number of ether oxygens (including phenoxy) is 3. The standard InChI is InChI=1S/C21H20N4O7/c1-30-17-8-5-14(25(28)29)11-16(17)22-20(26)12-24-21(27)9-6-15(23-24)13-4-7-18(31-2)19(10-13)32-3/h4-11H,12H2,1-3H3,(H,22,26). The molecule has 0 saturated carbocycles. The summed E-state index contributed by atoms with van der Waals surface area (Å²) in [5.74, 6) is 0.654. The van der Waals surface area contributed by atoms with Crippen LogP contribution in [0.25, 0.3) is 11.3 Å². The lowest BCUT2D eigenvalue weighted by Crippen LogP contribution is -2.29. The monoisotopic (exact) mass is 440 g/mol. The molecule has 2 aromatic carbocycles. The van der Waals surface area contributed by atoms with E-state index in [1.165, 1.54) is 51.7 Å². The van der Waals surface area contributed by atoms with Gasteiger partial charge in [0.25, 0.3) is 11.2 Å². The molecule has 0 aliphatic heterocycles. The highest BCUT2D eigenvalue weighted by molar-refractivity contribution is 5.92. The van der Waals surface area contributed by atoms with Crippen molar-refractivity contribution in [1.29, 1.82) is 0 Å². The average Bonchev–Trinajstić information content (AvgIpc) is 2.79. The summed E-state index contributed by atoms with van der Waals surface area (Å²) in [7, 11) is 4.39. The van der Waals surface area contributed by atoms with Crippen LogP contribution in [0.3, 0.4) is 0 Å². The molecule has 0 aliphatic rings. The van der Waals surface area contributed by atoms with Gasteiger partial charge in [-0.1, -0.05) is 0 Å². The maximum absolute atomic E-state index is 12.5. The molecule has 1 amide bonds. The van der Waals surface area contributed by atoms with Crippen LogP contribution in [0.15, 0.2) is 53.3 Å². The lowest BCUT2D eigenvalue weighted by atomic mass is 10.1. The van der Waals surface area contributed by atoms with Crippen molar-refractivity contribution in [3.63, 3.8) is 0 Å². The van der Waals surface area contributed by atoms with Crippen molar-refractivity contribution in [2.75, 3.05) is 26.6 Å². The number of amides is 1. The normalized spacial score (nSPS) is 10.3. The van der Waals surface area contributed by atoms with E-state index in [0.717, 1.165) is 4.68 Å². The highest BCUT2D eigenvalue weighted by Crippen LogP contribution is 2.31. The van der Waals surface area contributed by atoms with E-state index in [-0.39, 0.29) is 17.1 Å². The van der Waals surface area contributed by atoms with Crippen LogP contribution in [-0.2, 0) is 11.3 Å². The molecule has 0 radical (unpaired) electrons. The molecule has 0 spiro atoms. The maximum Gasteiger partial charge on any atom is 0.271 e. The minimum Gasteiger partial charge on any atom is -0.495 e. The van der Waals surface area contributed by atoms with Gasteiger partial charge in [-0.3, -0.25) is 19.7 Å². The number of carbonyl (C=O) groups is 1. The van der Waals surface area contributed by atoms with Crippen molar-refractivity contribution in [1.82, 2.24) is 9.78 Å². The molecule has 166 valence electrons. The number of hydrogen-bond donors (Lipinski definition) is 1. The SMILES string of the molecule is COc1ccc([N+](=O)[O-])cc1NC(=O)Cn1nc(-c2ccc(OC)c(OC)c2)ccc1=O. The highest BCUT2D eigenvalue weighted by atomic mass is 16.6. The third kappa shape index (κ3) is 4.83. The second kappa shape index (κ2) is 9.60. The largest absolute Gasteiger partial charge is 0.495 e. The Balaban J connectivity index is 1.86. The van der Waals surface area contributed by atoms with Gasteiger partial charge < -0.3 is 19.5 Å². The number of carbonyl (C=O) groups excluding carboxylic acids is 1. The van der Waals surface area contributed by atoms with Crippen LogP contribution in [-0.4, -0.2) is 41.9 Å². The van der Waals surface area contributed by atoms with Crippen molar-refractivity contribution in [2.45, 2.75) is 6.54 Å². The second-order valence-corrected chi connectivity index (χ2v) is 6.47. The van der Waals surface area contributed by atoms with Crippen molar-refractivity contribution in [3.8, 4) is 28.5 Å². The summed E-state index contributed by atoms with van der Waals surface area (Å²) >= 11 is 0. The first kappa shape index (κ1) is 22.3. The predicted molar refractivity (Wildman–Crippen MR) is 115 cm³/mol. The smallest absolute Gasteiger partial charge is 0.271 e. The van der Waals surface area contributed by atoms with Crippen LogP contribution < -0.4 is 25.1 Å². The maximum atomic E-state index is 12.5. The van der Waals surface area contributed by atoms with Crippen LogP contribution in [0.5, 0.6) is 17.2 Å². The third-order valence-electron chi connectivity index (χ3n) is 4.51. The van der Waals surface area contributed by atoms with E-state index in [1.54, 1.807) is 18.2 Å². The molecule has 1 N–H and O–H groups in total. The van der Waals surface area contributed by atoms with E-state index in [9.17, 15) is 19.7 Å². The molecule has 32 heavy (non-hydrogen) atoms. The van der Waals surface area contributed by atoms with E-state index in [2.05, 4.69) is 10.4 Å². The van der Waals surface area contributed by atoms with Crippen molar-refractivity contribution < 1.29 is 23.9 Å². The Kier molecular flexibility index (Phi) is 6.68. The molecule has 3 rings (SSSR count). The van der Waals surface area contributed by atoms with Crippen molar-refractivity contribution in [3.05, 3.63) is 69.0 Å². The fraction of sp³-hybridized carbons (Fsp3) is 0.190. The molecule has 0 unspecified atom stereocenters. The zero-order chi connectivity index (χ0) is 23.3. The summed E-state index contributed by atoms with van der Waals surface area (Å²) in [6.45, 7) is -0.411. The second-order valence-electron chi connectivity index (χ2n) is 6.47. The Morgan fingerprint density at radius 1 is 1.00 bits per heavy atom. The first-order chi connectivity index (χ1) is 15.4. The summed E-state index contributed by atoms with van der Waals surface area (Å²) < 4.78 is 16.6. The highest BCUT2D eigenvalue weighted by Gasteiger charge is 2.15. The number of nitro benzene ring substituents is 1. The minimum atomic E-state index is -0.608. The van der Waals surface area contributed by atoms with Gasteiger partial charge in [0.2, 0.25) is 5.91 Å². The molecule has 0 fully saturated rings. The Hall–Kier alpha value is -4.41. The summed E-state index contributed by atoms with van der Waals surface area (Å²) in [5, 5.41) is 17.8. The lowest BCUT2D eigenvalue weighted by Gasteiger charge is -2.12. The number of aromatic nitrogens is 2. The average molecular weight is 440 g/mol. The van der Waals surface area contributed by atoms with Gasteiger partial charge >= 0.3 is 0 Å². The van der Waals surface area contributed by atoms with Gasteiger partial charge in [0.15, 0.2) is 11.5 Å². The number of benzene rings is 2. The van der Waals surface area contributed by atoms with E-state index < -0.39 is 22.9 Å². The number of hydrogen-bond acceptors (Lipinski definition) is 8. The Bertz CT molecular complexity index is 1220. The molecular weight excluding hydrogens is 420 g/mol. The number of nitrogens with one attached hydrogen (secondary N) is 1. The van der Waals surface area contributed by atoms with E-state index in [1.807, 2.05) is 0 Å². The van der Waals surface area contributed by atoms with Gasteiger partial charge in [-0.05, 0) is 30.3 Å². The summed E-state index contributed by atoms with van der Waals surface area (Å²) in [4.78, 5) is 35.2. The zero-order valence-electron chi connectivity index (χ0n) is 17.5. The Morgan fingerprint density at radius 3 is 2.34 bits per heavy atom. The summed E-state index contributed by atoms with van der Waals surface area (Å²) in [5.41, 5.74) is 0.487. The zero-order valence-corrected chi connectivity index (χ0v) is 17.5. The van der Waals surface area contributed by atoms with Gasteiger partial charge in [-0.2, -0.15) is 5.10 Å². The molecule has 3 aromatic rings. The summed E-state index contributed by atoms with van der Waals surface area (Å²) in [6, 6.07) is 11.8. The number of non-ortho nitro benzene ring substituents is 1. The molecule has 11 nitrogen and oxygen atoms in total. The van der Waals surface area contributed by atoms with Crippen LogP contribution >= 0.6 is 0 Å². The molecule has 1 heterocycles. The first-order valence-corrected chi connectivity index (χ1v) is 9.29. The minimum absolute atomic E-state index is 0.107. The molecule has 11 heteroatoms. The van der Waals surface area contributed by atoms with Crippen LogP contribution in [0.2, 0.25) is 0 Å². The van der Waals surface area contributed by atoms with Crippen LogP contribution in [0, 0.1) is 10.1 Å². The summed E-state index contributed by atoms with van der Waals surface area (Å²) in [6.07, 6.45) is 0. The first-order valence-electron chi connectivity index (χ1n) is 9.29. The fourth-order valence-corrected chi connectivity index (χ4v) is 2.94. The van der Waals surface area contributed by atoms with E-state index >= 15 is 0 Å². The van der Waals surface area contributed by atoms with E-state index in [0.29, 0.717) is 22.8 Å². The molecule has 1 aromatic heterocycles. The Labute approximate surface area is 182 Å². The fourth-order valence-electron chi connectivity index (χ4n) is 2.94. The van der Waals surface area contributed by atoms with Gasteiger partial charge in [0, 0.05) is 23.8 Å². The number of rotatable bonds is 8. The van der Waals surface area contributed by atoms with E-state index in [4.69, 9.17) is 14.2 Å². The topological polar surface area (TPSA) is 135 Å². The number of methoxy groups -OCH3 is 3. The Morgan fingerprint density at radius 2 is 1.69 bits per heavy atom. The van der Waals surface area contributed by atoms with Crippen LogP contribution in [0.1, 0.15) is 0 Å². The molecular formula is C21H20N4O7. The van der Waals surface area contributed by atoms with Crippen molar-refractivity contribution in [2.24, 2.45) is 0 Å². The number of anilines is 1. The van der Waals surface area contributed by atoms with Crippen molar-refractivity contribution >= 4 is 17.3 Å². The third-order valence-corrected chi connectivity index (χ3v) is 4.51. The molecule has 0 aliphatic carbocycles. The molecule has 0 atom stereocenters. The van der Waals surface area contributed by atoms with Gasteiger partial charge in [-0.15, -0.1) is 0 Å². The van der Waals surface area contributed by atoms with Gasteiger partial charge in [0.05, 0.1) is 37.6 Å². The molecule has 0 bridgehead atoms. The van der Waals surface area contributed by atoms with Gasteiger partial charge in [-0.25, -0.2) is 4.68 Å². The van der Waals surface area contributed by atoms with Crippen LogP contribution in [0.4, 0.5) is 11.4 Å². The lowest BCUT2D eigenvalue weighted by molar-refractivity contribution is -0.384. The molecule has 0 saturated heterocycles. The quantitative estimate of drug-likeness (QED) is 0.417. The number of nitro groups is 1. The predicted octanol–water partition coefficient (Wildman–Crippen LogP) is 2.48. The number of nitrogens with zero attached hydrogens (tertiary/aromatic N) is 3.